The number of hydrogen-bond acceptors (Lipinski definition) is 5. The summed E-state index contributed by atoms with van der Waals surface area (Å²) < 4.78 is 6.50. The molecule has 0 unspecified atom stereocenters. The lowest BCUT2D eigenvalue weighted by molar-refractivity contribution is -0.147. The van der Waals surface area contributed by atoms with Crippen LogP contribution in [0.3, 0.4) is 0 Å². The van der Waals surface area contributed by atoms with Crippen LogP contribution in [0.5, 0.6) is 0 Å². The quantitative estimate of drug-likeness (QED) is 0.798. The average Bonchev–Trinajstić information content (AvgIpc) is 2.81. The summed E-state index contributed by atoms with van der Waals surface area (Å²) in [6, 6.07) is 7.41. The number of benzene rings is 1. The summed E-state index contributed by atoms with van der Waals surface area (Å²) in [5, 5.41) is 10.6. The Morgan fingerprint density at radius 1 is 1.33 bits per heavy atom. The molecule has 0 aliphatic rings. The molecule has 0 aliphatic heterocycles. The fraction of sp³-hybridized carbons (Fsp3) is 0.429. The molecule has 1 N–H and O–H groups in total. The van der Waals surface area contributed by atoms with E-state index in [-0.39, 0.29) is 37.5 Å². The summed E-state index contributed by atoms with van der Waals surface area (Å²) in [7, 11) is 0. The van der Waals surface area contributed by atoms with Gasteiger partial charge in [0.05, 0.1) is 18.0 Å². The molecule has 0 aliphatic carbocycles. The van der Waals surface area contributed by atoms with Gasteiger partial charge in [-0.3, -0.25) is 9.59 Å². The number of rotatable bonds is 6. The number of para-hydroxylation sites is 1. The van der Waals surface area contributed by atoms with E-state index in [0.717, 1.165) is 11.0 Å². The number of hydrogen-bond donors (Lipinski definition) is 1. The maximum atomic E-state index is 11.8. The third-order valence-electron chi connectivity index (χ3n) is 2.73. The molecule has 1 heterocycles. The zero-order valence-corrected chi connectivity index (χ0v) is 12.1. The number of ether oxygens (including phenoxy) is 1. The topological polar surface area (TPSA) is 86.1 Å². The van der Waals surface area contributed by atoms with Crippen molar-refractivity contribution in [2.75, 3.05) is 6.54 Å². The number of carbonyl (C=O) groups excluding carboxylic acids is 2. The van der Waals surface area contributed by atoms with E-state index in [1.165, 1.54) is 4.68 Å². The molecule has 2 aromatic rings. The predicted octanol–water partition coefficient (Wildman–Crippen LogP) is 0.889. The van der Waals surface area contributed by atoms with Gasteiger partial charge in [-0.25, -0.2) is 4.68 Å². The summed E-state index contributed by atoms with van der Waals surface area (Å²) >= 11 is 0. The Morgan fingerprint density at radius 3 is 2.86 bits per heavy atom. The second-order valence-corrected chi connectivity index (χ2v) is 4.87. The number of aromatic nitrogens is 3. The van der Waals surface area contributed by atoms with Gasteiger partial charge in [0.2, 0.25) is 5.91 Å². The average molecular weight is 290 g/mol. The van der Waals surface area contributed by atoms with Crippen molar-refractivity contribution in [1.29, 1.82) is 0 Å². The van der Waals surface area contributed by atoms with Gasteiger partial charge in [-0.1, -0.05) is 17.3 Å². The monoisotopic (exact) mass is 290 g/mol. The Balaban J connectivity index is 1.81. The molecular formula is C14H18N4O3. The normalized spacial score (nSPS) is 10.8. The first-order valence-corrected chi connectivity index (χ1v) is 6.80. The van der Waals surface area contributed by atoms with Crippen molar-refractivity contribution in [3.63, 3.8) is 0 Å². The zero-order valence-electron chi connectivity index (χ0n) is 12.1. The van der Waals surface area contributed by atoms with Crippen LogP contribution in [0.25, 0.3) is 11.0 Å². The van der Waals surface area contributed by atoms with Crippen molar-refractivity contribution >= 4 is 22.9 Å². The second-order valence-electron chi connectivity index (χ2n) is 4.87. The molecule has 1 aromatic heterocycles. The molecule has 7 heteroatoms. The Labute approximate surface area is 122 Å². The lowest BCUT2D eigenvalue weighted by Gasteiger charge is -2.08. The SMILES string of the molecule is CC(C)OC(=O)CCNC(=O)Cn1nnc2ccccc21. The van der Waals surface area contributed by atoms with E-state index in [1.807, 2.05) is 24.3 Å². The number of fused-ring (bicyclic) bond motifs is 1. The van der Waals surface area contributed by atoms with Gasteiger partial charge in [0.15, 0.2) is 0 Å². The molecule has 21 heavy (non-hydrogen) atoms. The maximum absolute atomic E-state index is 11.8. The smallest absolute Gasteiger partial charge is 0.307 e. The van der Waals surface area contributed by atoms with Crippen LogP contribution in [0.1, 0.15) is 20.3 Å². The molecule has 7 nitrogen and oxygen atoms in total. The van der Waals surface area contributed by atoms with Crippen molar-refractivity contribution in [3.05, 3.63) is 24.3 Å². The molecular weight excluding hydrogens is 272 g/mol. The Morgan fingerprint density at radius 2 is 2.10 bits per heavy atom. The Bertz CT molecular complexity index is 636. The van der Waals surface area contributed by atoms with E-state index in [1.54, 1.807) is 13.8 Å². The van der Waals surface area contributed by atoms with Crippen molar-refractivity contribution in [2.45, 2.75) is 32.9 Å². The predicted molar refractivity (Wildman–Crippen MR) is 76.4 cm³/mol. The standard InChI is InChI=1S/C14H18N4O3/c1-10(2)21-14(20)7-8-15-13(19)9-18-12-6-4-3-5-11(12)16-17-18/h3-6,10H,7-9H2,1-2H3,(H,15,19). The van der Waals surface area contributed by atoms with Crippen LogP contribution >= 0.6 is 0 Å². The highest BCUT2D eigenvalue weighted by Crippen LogP contribution is 2.09. The fourth-order valence-corrected chi connectivity index (χ4v) is 1.85. The number of amides is 1. The number of esters is 1. The summed E-state index contributed by atoms with van der Waals surface area (Å²) in [5.74, 6) is -0.542. The molecule has 0 fully saturated rings. The minimum absolute atomic E-state index is 0.0692. The second kappa shape index (κ2) is 6.83. The van der Waals surface area contributed by atoms with E-state index in [4.69, 9.17) is 4.74 Å². The third kappa shape index (κ3) is 4.27. The molecule has 2 rings (SSSR count). The number of nitrogens with zero attached hydrogens (tertiary/aromatic N) is 3. The minimum Gasteiger partial charge on any atom is -0.463 e. The largest absolute Gasteiger partial charge is 0.463 e. The molecule has 1 aromatic carbocycles. The molecule has 0 spiro atoms. The number of nitrogens with one attached hydrogen (secondary N) is 1. The van der Waals surface area contributed by atoms with Crippen LogP contribution in [0.2, 0.25) is 0 Å². The molecule has 0 saturated carbocycles. The van der Waals surface area contributed by atoms with Gasteiger partial charge >= 0.3 is 5.97 Å². The van der Waals surface area contributed by atoms with Gasteiger partial charge in [0, 0.05) is 6.54 Å². The zero-order chi connectivity index (χ0) is 15.2. The summed E-state index contributed by atoms with van der Waals surface area (Å²) in [4.78, 5) is 23.1. The molecule has 0 bridgehead atoms. The van der Waals surface area contributed by atoms with E-state index in [0.29, 0.717) is 0 Å². The van der Waals surface area contributed by atoms with E-state index in [9.17, 15) is 9.59 Å². The Kier molecular flexibility index (Phi) is 4.86. The fourth-order valence-electron chi connectivity index (χ4n) is 1.85. The highest BCUT2D eigenvalue weighted by Gasteiger charge is 2.10. The highest BCUT2D eigenvalue weighted by molar-refractivity contribution is 5.80. The van der Waals surface area contributed by atoms with E-state index in [2.05, 4.69) is 15.6 Å². The van der Waals surface area contributed by atoms with Gasteiger partial charge < -0.3 is 10.1 Å². The van der Waals surface area contributed by atoms with Gasteiger partial charge in [0.25, 0.3) is 0 Å². The number of carbonyl (C=O) groups is 2. The van der Waals surface area contributed by atoms with Crippen LogP contribution in [0.15, 0.2) is 24.3 Å². The van der Waals surface area contributed by atoms with Crippen LogP contribution in [0, 0.1) is 0 Å². The van der Waals surface area contributed by atoms with Gasteiger partial charge in [-0.05, 0) is 26.0 Å². The highest BCUT2D eigenvalue weighted by atomic mass is 16.5. The minimum atomic E-state index is -0.323. The van der Waals surface area contributed by atoms with Gasteiger partial charge in [-0.2, -0.15) is 0 Å². The van der Waals surface area contributed by atoms with Crippen molar-refractivity contribution in [2.24, 2.45) is 0 Å². The first-order chi connectivity index (χ1) is 10.1. The van der Waals surface area contributed by atoms with Gasteiger partial charge in [-0.15, -0.1) is 5.10 Å². The molecule has 1 amide bonds. The molecule has 0 saturated heterocycles. The first kappa shape index (κ1) is 15.0. The maximum Gasteiger partial charge on any atom is 0.307 e. The Hall–Kier alpha value is -2.44. The van der Waals surface area contributed by atoms with Crippen LogP contribution in [-0.2, 0) is 20.9 Å². The summed E-state index contributed by atoms with van der Waals surface area (Å²) in [5.41, 5.74) is 1.54. The van der Waals surface area contributed by atoms with E-state index < -0.39 is 0 Å². The van der Waals surface area contributed by atoms with Crippen molar-refractivity contribution in [1.82, 2.24) is 20.3 Å². The molecule has 112 valence electrons. The summed E-state index contributed by atoms with van der Waals surface area (Å²) in [6.07, 6.45) is 0.0110. The van der Waals surface area contributed by atoms with Crippen molar-refractivity contribution < 1.29 is 14.3 Å². The van der Waals surface area contributed by atoms with Crippen LogP contribution in [-0.4, -0.2) is 39.5 Å². The molecule has 0 radical (unpaired) electrons. The third-order valence-corrected chi connectivity index (χ3v) is 2.73. The van der Waals surface area contributed by atoms with Crippen LogP contribution < -0.4 is 5.32 Å². The van der Waals surface area contributed by atoms with Crippen LogP contribution in [0.4, 0.5) is 0 Å². The lowest BCUT2D eigenvalue weighted by Crippen LogP contribution is -2.30. The van der Waals surface area contributed by atoms with Gasteiger partial charge in [0.1, 0.15) is 12.1 Å². The molecule has 0 atom stereocenters. The summed E-state index contributed by atoms with van der Waals surface area (Å²) in [6.45, 7) is 3.88. The first-order valence-electron chi connectivity index (χ1n) is 6.80. The van der Waals surface area contributed by atoms with E-state index >= 15 is 0 Å². The lowest BCUT2D eigenvalue weighted by atomic mass is 10.3. The van der Waals surface area contributed by atoms with Crippen molar-refractivity contribution in [3.8, 4) is 0 Å².